The van der Waals surface area contributed by atoms with Crippen molar-refractivity contribution in [2.45, 2.75) is 57.2 Å². The van der Waals surface area contributed by atoms with Crippen molar-refractivity contribution in [1.29, 1.82) is 0 Å². The van der Waals surface area contributed by atoms with E-state index in [0.29, 0.717) is 23.8 Å². The van der Waals surface area contributed by atoms with Crippen LogP contribution in [0.1, 0.15) is 50.2 Å². The van der Waals surface area contributed by atoms with Crippen LogP contribution in [0.5, 0.6) is 0 Å². The summed E-state index contributed by atoms with van der Waals surface area (Å²) in [6.07, 6.45) is 8.61. The summed E-state index contributed by atoms with van der Waals surface area (Å²) < 4.78 is 0. The van der Waals surface area contributed by atoms with Gasteiger partial charge in [-0.25, -0.2) is 5.48 Å². The number of rotatable bonds is 6. The number of amides is 1. The fourth-order valence-electron chi connectivity index (χ4n) is 6.21. The Hall–Kier alpha value is -1.69. The van der Waals surface area contributed by atoms with Crippen LogP contribution < -0.4 is 10.8 Å². The van der Waals surface area contributed by atoms with Crippen LogP contribution in [-0.4, -0.2) is 27.9 Å². The Balaban J connectivity index is 1.33. The van der Waals surface area contributed by atoms with Crippen LogP contribution in [0.15, 0.2) is 30.3 Å². The highest BCUT2D eigenvalue weighted by Crippen LogP contribution is 2.58. The Morgan fingerprint density at radius 1 is 1.22 bits per heavy atom. The van der Waals surface area contributed by atoms with Crippen LogP contribution in [0.25, 0.3) is 6.08 Å². The van der Waals surface area contributed by atoms with Crippen LogP contribution in [0.4, 0.5) is 0 Å². The van der Waals surface area contributed by atoms with Gasteiger partial charge in [0.05, 0.1) is 5.60 Å². The topological polar surface area (TPSA) is 81.6 Å². The molecule has 4 aliphatic rings. The zero-order valence-corrected chi connectivity index (χ0v) is 15.9. The Morgan fingerprint density at radius 2 is 1.89 bits per heavy atom. The molecule has 0 radical (unpaired) electrons. The molecular weight excluding hydrogens is 340 g/mol. The van der Waals surface area contributed by atoms with E-state index in [2.05, 4.69) is 24.4 Å². The minimum atomic E-state index is -0.533. The average Bonchev–Trinajstić information content (AvgIpc) is 2.63. The number of hydroxylamine groups is 1. The van der Waals surface area contributed by atoms with Gasteiger partial charge in [0.2, 0.25) is 0 Å². The van der Waals surface area contributed by atoms with E-state index in [9.17, 15) is 9.90 Å². The Labute approximate surface area is 160 Å². The summed E-state index contributed by atoms with van der Waals surface area (Å²) in [4.78, 5) is 11.0. The molecule has 4 saturated carbocycles. The minimum Gasteiger partial charge on any atom is -0.390 e. The van der Waals surface area contributed by atoms with Crippen LogP contribution >= 0.6 is 0 Å². The smallest absolute Gasteiger partial charge is 0.267 e. The standard InChI is InChI=1S/C22H30N2O3/c1-14(21-18-8-17-9-19(21)12-22(26,10-17)11-18)23-13-16-4-2-15(3-5-16)6-7-20(25)24-27/h2-7,14,17-19,21,23,26-27H,8-13H2,1H3,(H,24,25). The number of benzene rings is 1. The van der Waals surface area contributed by atoms with Gasteiger partial charge in [0.25, 0.3) is 5.91 Å². The molecule has 1 aromatic rings. The van der Waals surface area contributed by atoms with Gasteiger partial charge in [-0.15, -0.1) is 0 Å². The van der Waals surface area contributed by atoms with E-state index >= 15 is 0 Å². The predicted octanol–water partition coefficient (Wildman–Crippen LogP) is 2.87. The second-order valence-electron chi connectivity index (χ2n) is 8.99. The number of aliphatic hydroxyl groups is 1. The highest BCUT2D eigenvalue weighted by Gasteiger charge is 2.55. The van der Waals surface area contributed by atoms with Gasteiger partial charge in [-0.1, -0.05) is 24.3 Å². The second-order valence-corrected chi connectivity index (χ2v) is 8.99. The van der Waals surface area contributed by atoms with Crippen molar-refractivity contribution in [3.8, 4) is 0 Å². The Bertz CT molecular complexity index is 699. The van der Waals surface area contributed by atoms with Gasteiger partial charge in [0, 0.05) is 18.7 Å². The molecular formula is C22H30N2O3. The van der Waals surface area contributed by atoms with E-state index < -0.39 is 5.91 Å². The summed E-state index contributed by atoms with van der Waals surface area (Å²) in [7, 11) is 0. The molecule has 3 atom stereocenters. The molecule has 4 fully saturated rings. The van der Waals surface area contributed by atoms with Gasteiger partial charge >= 0.3 is 0 Å². The maximum Gasteiger partial charge on any atom is 0.267 e. The van der Waals surface area contributed by atoms with Crippen LogP contribution in [0, 0.1) is 23.7 Å². The third-order valence-electron chi connectivity index (χ3n) is 7.04. The summed E-state index contributed by atoms with van der Waals surface area (Å²) in [6.45, 7) is 3.13. The highest BCUT2D eigenvalue weighted by molar-refractivity contribution is 5.90. The molecule has 1 amide bonds. The second kappa shape index (κ2) is 7.38. The number of hydrogen-bond acceptors (Lipinski definition) is 4. The third kappa shape index (κ3) is 3.96. The summed E-state index contributed by atoms with van der Waals surface area (Å²) in [5.74, 6) is 2.25. The van der Waals surface area contributed by atoms with Gasteiger partial charge in [-0.05, 0) is 79.9 Å². The first-order chi connectivity index (χ1) is 13.0. The number of hydrogen-bond donors (Lipinski definition) is 4. The molecule has 1 aromatic carbocycles. The van der Waals surface area contributed by atoms with Gasteiger partial charge in [-0.2, -0.15) is 0 Å². The van der Waals surface area contributed by atoms with Crippen molar-refractivity contribution >= 4 is 12.0 Å². The number of carbonyl (C=O) groups is 1. The van der Waals surface area contributed by atoms with E-state index in [1.54, 1.807) is 11.6 Å². The lowest BCUT2D eigenvalue weighted by molar-refractivity contribution is -0.157. The van der Waals surface area contributed by atoms with Crippen molar-refractivity contribution in [3.63, 3.8) is 0 Å². The van der Waals surface area contributed by atoms with E-state index in [0.717, 1.165) is 37.3 Å². The molecule has 3 unspecified atom stereocenters. The van der Waals surface area contributed by atoms with Gasteiger partial charge < -0.3 is 10.4 Å². The molecule has 5 nitrogen and oxygen atoms in total. The Morgan fingerprint density at radius 3 is 2.48 bits per heavy atom. The minimum absolute atomic E-state index is 0.358. The van der Waals surface area contributed by atoms with Crippen LogP contribution in [-0.2, 0) is 11.3 Å². The summed E-state index contributed by atoms with van der Waals surface area (Å²) in [5.41, 5.74) is 3.36. The summed E-state index contributed by atoms with van der Waals surface area (Å²) >= 11 is 0. The quantitative estimate of drug-likeness (QED) is 0.353. The number of carbonyl (C=O) groups excluding carboxylic acids is 1. The lowest BCUT2D eigenvalue weighted by Gasteiger charge is -2.59. The molecule has 5 rings (SSSR count). The molecule has 0 aliphatic heterocycles. The monoisotopic (exact) mass is 370 g/mol. The molecule has 0 spiro atoms. The molecule has 0 saturated heterocycles. The van der Waals surface area contributed by atoms with Crippen LogP contribution in [0.2, 0.25) is 0 Å². The van der Waals surface area contributed by atoms with Gasteiger partial charge in [0.15, 0.2) is 0 Å². The van der Waals surface area contributed by atoms with Gasteiger partial charge in [0.1, 0.15) is 0 Å². The van der Waals surface area contributed by atoms with E-state index in [1.165, 1.54) is 24.5 Å². The summed E-state index contributed by atoms with van der Waals surface area (Å²) in [5, 5.41) is 23.0. The molecule has 27 heavy (non-hydrogen) atoms. The molecule has 5 heteroatoms. The lowest BCUT2D eigenvalue weighted by atomic mass is 9.49. The first-order valence-corrected chi connectivity index (χ1v) is 10.1. The third-order valence-corrected chi connectivity index (χ3v) is 7.04. The fourth-order valence-corrected chi connectivity index (χ4v) is 6.21. The first-order valence-electron chi connectivity index (χ1n) is 10.1. The van der Waals surface area contributed by atoms with E-state index in [-0.39, 0.29) is 5.60 Å². The van der Waals surface area contributed by atoms with Crippen molar-refractivity contribution < 1.29 is 15.1 Å². The lowest BCUT2D eigenvalue weighted by Crippen LogP contribution is -2.58. The van der Waals surface area contributed by atoms with E-state index in [4.69, 9.17) is 5.21 Å². The SMILES string of the molecule is CC(NCc1ccc(C=CC(=O)NO)cc1)C1C2CC3CC1CC(O)(C3)C2. The molecule has 0 aromatic heterocycles. The van der Waals surface area contributed by atoms with Crippen molar-refractivity contribution in [2.24, 2.45) is 23.7 Å². The largest absolute Gasteiger partial charge is 0.390 e. The fraction of sp³-hybridized carbons (Fsp3) is 0.591. The van der Waals surface area contributed by atoms with Crippen molar-refractivity contribution in [3.05, 3.63) is 41.5 Å². The molecule has 0 heterocycles. The van der Waals surface area contributed by atoms with E-state index in [1.807, 2.05) is 12.1 Å². The summed E-state index contributed by atoms with van der Waals surface area (Å²) in [6, 6.07) is 8.53. The molecule has 4 N–H and O–H groups in total. The van der Waals surface area contributed by atoms with Gasteiger partial charge in [-0.3, -0.25) is 10.0 Å². The highest BCUT2D eigenvalue weighted by atomic mass is 16.5. The maximum absolute atomic E-state index is 11.0. The first kappa shape index (κ1) is 18.7. The zero-order chi connectivity index (χ0) is 19.0. The predicted molar refractivity (Wildman–Crippen MR) is 104 cm³/mol. The van der Waals surface area contributed by atoms with Crippen molar-refractivity contribution in [2.75, 3.05) is 0 Å². The Kier molecular flexibility index (Phi) is 5.10. The molecule has 4 aliphatic carbocycles. The normalized spacial score (nSPS) is 35.5. The molecule has 4 bridgehead atoms. The maximum atomic E-state index is 11.0. The molecule has 146 valence electrons. The average molecular weight is 370 g/mol. The number of nitrogens with one attached hydrogen (secondary N) is 2. The zero-order valence-electron chi connectivity index (χ0n) is 15.9. The van der Waals surface area contributed by atoms with Crippen molar-refractivity contribution in [1.82, 2.24) is 10.8 Å². The van der Waals surface area contributed by atoms with Crippen LogP contribution in [0.3, 0.4) is 0 Å².